The van der Waals surface area contributed by atoms with Crippen LogP contribution in [0.3, 0.4) is 0 Å². The van der Waals surface area contributed by atoms with Gasteiger partial charge in [0, 0.05) is 0 Å². The van der Waals surface area contributed by atoms with Crippen LogP contribution < -0.4 is 0 Å². The largest absolute Gasteiger partial charge is 0.354 e. The highest BCUT2D eigenvalue weighted by Crippen LogP contribution is 1.82. The number of hydrogen-bond acceptors (Lipinski definition) is 3. The van der Waals surface area contributed by atoms with Gasteiger partial charge in [-0.2, -0.15) is 5.26 Å². The predicted molar refractivity (Wildman–Crippen MR) is 58.4 cm³/mol. The molecule has 0 saturated carbocycles. The average Bonchev–Trinajstić information content (AvgIpc) is 2.20. The fraction of sp³-hybridized carbons (Fsp3) is 0.750. The van der Waals surface area contributed by atoms with Crippen molar-refractivity contribution >= 4 is 22.6 Å². The van der Waals surface area contributed by atoms with E-state index in [0.717, 1.165) is 0 Å². The van der Waals surface area contributed by atoms with Crippen LogP contribution in [0.25, 0.3) is 4.85 Å². The van der Waals surface area contributed by atoms with E-state index < -0.39 is 0 Å². The molecule has 0 aliphatic rings. The zero-order chi connectivity index (χ0) is 10.4. The maximum atomic E-state index is 8.10. The summed E-state index contributed by atoms with van der Waals surface area (Å²) in [6.07, 6.45) is 0.381. The predicted octanol–water partition coefficient (Wildman–Crippen LogP) is 1.86. The van der Waals surface area contributed by atoms with Gasteiger partial charge in [-0.1, -0.05) is 22.6 Å². The Kier molecular flexibility index (Phi) is 20.5. The number of halogens is 1. The lowest BCUT2D eigenvalue weighted by atomic mass is 10.5. The minimum Gasteiger partial charge on any atom is -0.354 e. The second kappa shape index (κ2) is 17.6. The lowest BCUT2D eigenvalue weighted by molar-refractivity contribution is -0.0478. The summed E-state index contributed by atoms with van der Waals surface area (Å²) in [5.74, 6) is 0. The normalized spacial score (nSPS) is 7.69. The summed E-state index contributed by atoms with van der Waals surface area (Å²) in [6, 6.07) is 1.94. The van der Waals surface area contributed by atoms with Gasteiger partial charge in [0.1, 0.15) is 13.4 Å². The summed E-state index contributed by atoms with van der Waals surface area (Å²) in [4.78, 5) is 5.06. The second-order valence-electron chi connectivity index (χ2n) is 1.72. The van der Waals surface area contributed by atoms with Crippen LogP contribution in [-0.4, -0.2) is 31.5 Å². The van der Waals surface area contributed by atoms with Gasteiger partial charge in [0.05, 0.1) is 19.1 Å². The van der Waals surface area contributed by atoms with Crippen LogP contribution in [0.2, 0.25) is 0 Å². The molecule has 0 aromatic carbocycles. The van der Waals surface area contributed by atoms with Crippen LogP contribution in [0.5, 0.6) is 0 Å². The van der Waals surface area contributed by atoms with Crippen LogP contribution in [0.1, 0.15) is 6.42 Å². The number of nitrogens with zero attached hydrogens (tertiary/aromatic N) is 2. The fourth-order valence-corrected chi connectivity index (χ4v) is 0.405. The van der Waals surface area contributed by atoms with Crippen LogP contribution in [-0.2, 0) is 9.47 Å². The smallest absolute Gasteiger partial charge is 0.237 e. The average molecular weight is 296 g/mol. The lowest BCUT2D eigenvalue weighted by Gasteiger charge is -1.99. The Morgan fingerprint density at radius 1 is 1.38 bits per heavy atom. The molecule has 5 heteroatoms. The molecule has 0 bridgehead atoms. The first kappa shape index (κ1) is 15.1. The summed E-state index contributed by atoms with van der Waals surface area (Å²) in [6.45, 7) is 7.75. The fourth-order valence-electron chi connectivity index (χ4n) is 0.405. The van der Waals surface area contributed by atoms with E-state index in [9.17, 15) is 0 Å². The molecule has 74 valence electrons. The van der Waals surface area contributed by atoms with Crippen molar-refractivity contribution in [2.24, 2.45) is 0 Å². The quantitative estimate of drug-likeness (QED) is 0.247. The van der Waals surface area contributed by atoms with Crippen molar-refractivity contribution in [2.75, 3.05) is 31.5 Å². The molecule has 0 atom stereocenters. The standard InChI is InChI=1S/C7H10N2O2.CH3I/c1-9-4-6-11-7-10-5-2-3-8;1-2/h2,4-7H2;1H3. The summed E-state index contributed by atoms with van der Waals surface area (Å²) in [5, 5.41) is 8.10. The van der Waals surface area contributed by atoms with E-state index in [1.807, 2.05) is 11.0 Å². The molecule has 0 unspecified atom stereocenters. The topological polar surface area (TPSA) is 46.6 Å². The van der Waals surface area contributed by atoms with Gasteiger partial charge in [0.2, 0.25) is 6.54 Å². The van der Waals surface area contributed by atoms with Gasteiger partial charge in [-0.05, 0) is 4.93 Å². The highest BCUT2D eigenvalue weighted by Gasteiger charge is 1.88. The van der Waals surface area contributed by atoms with E-state index in [-0.39, 0.29) is 6.79 Å². The molecule has 0 heterocycles. The van der Waals surface area contributed by atoms with Gasteiger partial charge < -0.3 is 14.3 Å². The summed E-state index contributed by atoms with van der Waals surface area (Å²) >= 11 is 2.15. The number of rotatable bonds is 6. The highest BCUT2D eigenvalue weighted by molar-refractivity contribution is 14.1. The minimum absolute atomic E-state index is 0.178. The van der Waals surface area contributed by atoms with E-state index >= 15 is 0 Å². The van der Waals surface area contributed by atoms with Gasteiger partial charge in [0.15, 0.2) is 0 Å². The molecule has 13 heavy (non-hydrogen) atoms. The maximum Gasteiger partial charge on any atom is 0.237 e. The first-order valence-corrected chi connectivity index (χ1v) is 5.81. The number of ether oxygens (including phenoxy) is 2. The van der Waals surface area contributed by atoms with Crippen molar-refractivity contribution in [3.63, 3.8) is 0 Å². The zero-order valence-electron chi connectivity index (χ0n) is 7.62. The van der Waals surface area contributed by atoms with Gasteiger partial charge >= 0.3 is 0 Å². The first-order chi connectivity index (χ1) is 6.41. The Morgan fingerprint density at radius 3 is 2.54 bits per heavy atom. The molecule has 0 aromatic rings. The van der Waals surface area contributed by atoms with E-state index in [2.05, 4.69) is 27.4 Å². The Bertz CT molecular complexity index is 145. The number of nitriles is 1. The van der Waals surface area contributed by atoms with E-state index in [1.165, 1.54) is 0 Å². The van der Waals surface area contributed by atoms with Crippen molar-refractivity contribution < 1.29 is 9.47 Å². The molecular formula is C8H13IN2O2. The molecule has 0 aliphatic carbocycles. The van der Waals surface area contributed by atoms with Gasteiger partial charge in [0.25, 0.3) is 0 Å². The SMILES string of the molecule is CI.[C-]#[N+]CCOCOCCC#N. The molecular weight excluding hydrogens is 283 g/mol. The molecule has 0 radical (unpaired) electrons. The molecule has 4 nitrogen and oxygen atoms in total. The molecule has 0 N–H and O–H groups in total. The Hall–Kier alpha value is -0.370. The molecule has 0 rings (SSSR count). The third kappa shape index (κ3) is 18.5. The molecule has 0 amide bonds. The van der Waals surface area contributed by atoms with Crippen LogP contribution in [0.4, 0.5) is 0 Å². The summed E-state index contributed by atoms with van der Waals surface area (Å²) < 4.78 is 9.75. The third-order valence-electron chi connectivity index (χ3n) is 0.872. The monoisotopic (exact) mass is 296 g/mol. The van der Waals surface area contributed by atoms with E-state index in [1.54, 1.807) is 0 Å². The van der Waals surface area contributed by atoms with Gasteiger partial charge in [-0.3, -0.25) is 0 Å². The summed E-state index contributed by atoms with van der Waals surface area (Å²) in [5.41, 5.74) is 0. The van der Waals surface area contributed by atoms with E-state index in [4.69, 9.17) is 21.3 Å². The Balaban J connectivity index is 0. The molecule has 0 fully saturated rings. The van der Waals surface area contributed by atoms with Crippen molar-refractivity contribution in [3.05, 3.63) is 11.4 Å². The van der Waals surface area contributed by atoms with Crippen LogP contribution >= 0.6 is 22.6 Å². The van der Waals surface area contributed by atoms with Gasteiger partial charge in [-0.15, -0.1) is 0 Å². The van der Waals surface area contributed by atoms with Crippen molar-refractivity contribution in [1.82, 2.24) is 0 Å². The second-order valence-corrected chi connectivity index (χ2v) is 1.72. The van der Waals surface area contributed by atoms with Crippen LogP contribution in [0, 0.1) is 17.9 Å². The van der Waals surface area contributed by atoms with Gasteiger partial charge in [-0.25, -0.2) is 6.57 Å². The molecule has 0 aromatic heterocycles. The Morgan fingerprint density at radius 2 is 2.00 bits per heavy atom. The lowest BCUT2D eigenvalue weighted by Crippen LogP contribution is -2.03. The maximum absolute atomic E-state index is 8.10. The van der Waals surface area contributed by atoms with E-state index in [0.29, 0.717) is 26.2 Å². The molecule has 0 spiro atoms. The highest BCUT2D eigenvalue weighted by atomic mass is 127. The van der Waals surface area contributed by atoms with Crippen molar-refractivity contribution in [2.45, 2.75) is 6.42 Å². The first-order valence-electron chi connectivity index (χ1n) is 3.65. The number of hydrogen-bond donors (Lipinski definition) is 0. The molecule has 0 aliphatic heterocycles. The summed E-state index contributed by atoms with van der Waals surface area (Å²) in [7, 11) is 0. The minimum atomic E-state index is 0.178. The third-order valence-corrected chi connectivity index (χ3v) is 0.872. The molecule has 0 saturated heterocycles. The van der Waals surface area contributed by atoms with Crippen molar-refractivity contribution in [3.8, 4) is 6.07 Å². The number of alkyl halides is 1. The Labute approximate surface area is 92.8 Å². The van der Waals surface area contributed by atoms with Crippen molar-refractivity contribution in [1.29, 1.82) is 5.26 Å². The zero-order valence-corrected chi connectivity index (χ0v) is 9.78. The van der Waals surface area contributed by atoms with Crippen LogP contribution in [0.15, 0.2) is 0 Å².